The summed E-state index contributed by atoms with van der Waals surface area (Å²) in [5.41, 5.74) is 0. The van der Waals surface area contributed by atoms with Gasteiger partial charge in [0.05, 0.1) is 0 Å². The highest BCUT2D eigenvalue weighted by Crippen LogP contribution is 2.15. The minimum atomic E-state index is 0. The van der Waals surface area contributed by atoms with Crippen molar-refractivity contribution in [1.29, 1.82) is 0 Å². The molecule has 0 unspecified atom stereocenters. The third kappa shape index (κ3) is 3.81. The van der Waals surface area contributed by atoms with E-state index < -0.39 is 0 Å². The fraction of sp³-hybridized carbons (Fsp3) is 0.600. The van der Waals surface area contributed by atoms with E-state index in [2.05, 4.69) is 15.3 Å². The van der Waals surface area contributed by atoms with Crippen molar-refractivity contribution in [1.82, 2.24) is 15.3 Å². The van der Waals surface area contributed by atoms with Crippen LogP contribution in [0.4, 0.5) is 0 Å². The summed E-state index contributed by atoms with van der Waals surface area (Å²) in [6.07, 6.45) is 6.23. The molecule has 0 saturated carbocycles. The number of aromatic nitrogens is 2. The third-order valence-electron chi connectivity index (χ3n) is 2.33. The van der Waals surface area contributed by atoms with Crippen LogP contribution in [0.2, 0.25) is 0 Å². The summed E-state index contributed by atoms with van der Waals surface area (Å²) in [4.78, 5) is 8.39. The number of hydrogen-bond acceptors (Lipinski definition) is 5. The van der Waals surface area contributed by atoms with Crippen LogP contribution in [0.25, 0.3) is 0 Å². The van der Waals surface area contributed by atoms with Crippen molar-refractivity contribution in [2.75, 3.05) is 19.3 Å². The van der Waals surface area contributed by atoms with E-state index in [0.717, 1.165) is 24.7 Å². The van der Waals surface area contributed by atoms with Crippen molar-refractivity contribution in [3.8, 4) is 5.88 Å². The number of rotatable bonds is 3. The lowest BCUT2D eigenvalue weighted by Gasteiger charge is -2.23. The molecule has 2 rings (SSSR count). The maximum atomic E-state index is 5.77. The predicted molar refractivity (Wildman–Crippen MR) is 67.6 cm³/mol. The lowest BCUT2D eigenvalue weighted by Crippen LogP contribution is -2.37. The minimum Gasteiger partial charge on any atom is -0.473 e. The molecule has 1 aromatic heterocycles. The Kier molecular flexibility index (Phi) is 5.87. The number of thioether (sulfide) groups is 1. The van der Waals surface area contributed by atoms with Crippen LogP contribution in [-0.2, 0) is 0 Å². The fourth-order valence-corrected chi connectivity index (χ4v) is 1.93. The number of piperidine rings is 1. The van der Waals surface area contributed by atoms with Gasteiger partial charge in [0, 0.05) is 18.8 Å². The summed E-state index contributed by atoms with van der Waals surface area (Å²) < 4.78 is 5.77. The Bertz CT molecular complexity index is 321. The Hall–Kier alpha value is -0.520. The average molecular weight is 262 g/mol. The molecule has 1 atom stereocenters. The molecule has 4 nitrogen and oxygen atoms in total. The standard InChI is InChI=1S/C10H15N3OS.ClH/c1-15-10-12-6-4-9(13-10)14-8-3-2-5-11-7-8;/h4,6,8,11H,2-3,5,7H2,1H3;1H/t8-;/m0./s1. The van der Waals surface area contributed by atoms with Crippen LogP contribution in [0.5, 0.6) is 5.88 Å². The minimum absolute atomic E-state index is 0. The summed E-state index contributed by atoms with van der Waals surface area (Å²) in [5.74, 6) is 0.683. The average Bonchev–Trinajstić information content (AvgIpc) is 2.31. The van der Waals surface area contributed by atoms with Gasteiger partial charge in [-0.25, -0.2) is 4.98 Å². The first-order valence-corrected chi connectivity index (χ1v) is 6.35. The molecule has 2 heterocycles. The van der Waals surface area contributed by atoms with E-state index in [9.17, 15) is 0 Å². The van der Waals surface area contributed by atoms with Gasteiger partial charge in [-0.3, -0.25) is 0 Å². The first-order chi connectivity index (χ1) is 7.38. The van der Waals surface area contributed by atoms with Crippen LogP contribution >= 0.6 is 24.2 Å². The number of ether oxygens (including phenoxy) is 1. The predicted octanol–water partition coefficient (Wildman–Crippen LogP) is 1.75. The van der Waals surface area contributed by atoms with Crippen molar-refractivity contribution < 1.29 is 4.74 Å². The summed E-state index contributed by atoms with van der Waals surface area (Å²) in [5, 5.41) is 4.07. The van der Waals surface area contributed by atoms with Gasteiger partial charge in [-0.05, 0) is 25.6 Å². The zero-order valence-electron chi connectivity index (χ0n) is 9.18. The van der Waals surface area contributed by atoms with Crippen molar-refractivity contribution in [2.24, 2.45) is 0 Å². The monoisotopic (exact) mass is 261 g/mol. The number of nitrogens with one attached hydrogen (secondary N) is 1. The van der Waals surface area contributed by atoms with Gasteiger partial charge in [0.15, 0.2) is 5.16 Å². The quantitative estimate of drug-likeness (QED) is 0.664. The number of nitrogens with zero attached hydrogens (tertiary/aromatic N) is 2. The van der Waals surface area contributed by atoms with Gasteiger partial charge >= 0.3 is 0 Å². The highest BCUT2D eigenvalue weighted by Gasteiger charge is 2.14. The SMILES string of the molecule is CSc1nccc(O[C@H]2CCCNC2)n1.Cl. The highest BCUT2D eigenvalue weighted by molar-refractivity contribution is 7.98. The first-order valence-electron chi connectivity index (χ1n) is 5.13. The lowest BCUT2D eigenvalue weighted by molar-refractivity contribution is 0.159. The van der Waals surface area contributed by atoms with Gasteiger partial charge in [0.2, 0.25) is 5.88 Å². The second-order valence-corrected chi connectivity index (χ2v) is 4.24. The number of hydrogen-bond donors (Lipinski definition) is 1. The lowest BCUT2D eigenvalue weighted by atomic mass is 10.1. The van der Waals surface area contributed by atoms with Crippen LogP contribution in [0.1, 0.15) is 12.8 Å². The van der Waals surface area contributed by atoms with Crippen LogP contribution in [0.3, 0.4) is 0 Å². The van der Waals surface area contributed by atoms with Crippen molar-refractivity contribution in [3.05, 3.63) is 12.3 Å². The fourth-order valence-electron chi connectivity index (χ4n) is 1.58. The number of halogens is 1. The molecule has 1 aliphatic heterocycles. The molecule has 6 heteroatoms. The molecule has 0 aromatic carbocycles. The van der Waals surface area contributed by atoms with Gasteiger partial charge in [-0.15, -0.1) is 12.4 Å². The van der Waals surface area contributed by atoms with E-state index in [4.69, 9.17) is 4.74 Å². The molecular weight excluding hydrogens is 246 g/mol. The van der Waals surface area contributed by atoms with E-state index in [1.807, 2.05) is 12.3 Å². The molecule has 1 aromatic rings. The Labute approximate surface area is 106 Å². The molecule has 1 aliphatic rings. The maximum Gasteiger partial charge on any atom is 0.217 e. The molecule has 16 heavy (non-hydrogen) atoms. The maximum absolute atomic E-state index is 5.77. The third-order valence-corrected chi connectivity index (χ3v) is 2.89. The molecule has 0 aliphatic carbocycles. The smallest absolute Gasteiger partial charge is 0.217 e. The highest BCUT2D eigenvalue weighted by atomic mass is 35.5. The summed E-state index contributed by atoms with van der Waals surface area (Å²) in [7, 11) is 0. The van der Waals surface area contributed by atoms with Gasteiger partial charge < -0.3 is 10.1 Å². The van der Waals surface area contributed by atoms with Gasteiger partial charge in [0.1, 0.15) is 6.10 Å². The molecule has 0 bridgehead atoms. The molecule has 1 N–H and O–H groups in total. The van der Waals surface area contributed by atoms with Crippen LogP contribution < -0.4 is 10.1 Å². The zero-order chi connectivity index (χ0) is 10.5. The van der Waals surface area contributed by atoms with Crippen LogP contribution in [0, 0.1) is 0 Å². The second kappa shape index (κ2) is 6.93. The Balaban J connectivity index is 0.00000128. The second-order valence-electron chi connectivity index (χ2n) is 3.47. The topological polar surface area (TPSA) is 47.0 Å². The summed E-state index contributed by atoms with van der Waals surface area (Å²) >= 11 is 1.53. The molecule has 1 saturated heterocycles. The molecule has 1 fully saturated rings. The van der Waals surface area contributed by atoms with Gasteiger partial charge in [-0.2, -0.15) is 4.98 Å². The van der Waals surface area contributed by atoms with Crippen molar-refractivity contribution >= 4 is 24.2 Å². The van der Waals surface area contributed by atoms with Gasteiger partial charge in [0.25, 0.3) is 0 Å². The Morgan fingerprint density at radius 2 is 2.44 bits per heavy atom. The summed E-state index contributed by atoms with van der Waals surface area (Å²) in [6, 6.07) is 1.81. The Morgan fingerprint density at radius 1 is 1.56 bits per heavy atom. The largest absolute Gasteiger partial charge is 0.473 e. The van der Waals surface area contributed by atoms with Crippen molar-refractivity contribution in [3.63, 3.8) is 0 Å². The first kappa shape index (κ1) is 13.5. The van der Waals surface area contributed by atoms with E-state index in [-0.39, 0.29) is 18.5 Å². The molecule has 0 amide bonds. The van der Waals surface area contributed by atoms with Crippen molar-refractivity contribution in [2.45, 2.75) is 24.1 Å². The molecule has 0 spiro atoms. The molecule has 90 valence electrons. The van der Waals surface area contributed by atoms with E-state index in [1.165, 1.54) is 18.2 Å². The molecular formula is C10H16ClN3OS. The van der Waals surface area contributed by atoms with E-state index >= 15 is 0 Å². The summed E-state index contributed by atoms with van der Waals surface area (Å²) in [6.45, 7) is 2.01. The van der Waals surface area contributed by atoms with Gasteiger partial charge in [-0.1, -0.05) is 11.8 Å². The van der Waals surface area contributed by atoms with E-state index in [1.54, 1.807) is 6.20 Å². The van der Waals surface area contributed by atoms with E-state index in [0.29, 0.717) is 5.88 Å². The molecule has 0 radical (unpaired) electrons. The van der Waals surface area contributed by atoms with Crippen LogP contribution in [-0.4, -0.2) is 35.4 Å². The normalized spacial score (nSPS) is 19.9. The Morgan fingerprint density at radius 3 is 3.12 bits per heavy atom. The zero-order valence-corrected chi connectivity index (χ0v) is 10.8. The van der Waals surface area contributed by atoms with Crippen LogP contribution in [0.15, 0.2) is 17.4 Å².